The quantitative estimate of drug-likeness (QED) is 0.736. The topological polar surface area (TPSA) is 38.1 Å². The molecule has 4 nitrogen and oxygen atoms in total. The number of rotatable bonds is 6. The molecule has 1 aromatic carbocycles. The Hall–Kier alpha value is -1.75. The molecule has 0 aliphatic heterocycles. The van der Waals surface area contributed by atoms with E-state index in [1.54, 1.807) is 6.20 Å². The monoisotopic (exact) mass is 345 g/mol. The van der Waals surface area contributed by atoms with Gasteiger partial charge in [-0.25, -0.2) is 4.98 Å². The third kappa shape index (κ3) is 4.20. The summed E-state index contributed by atoms with van der Waals surface area (Å²) < 4.78 is 2.06. The third-order valence-electron chi connectivity index (χ3n) is 3.94. The van der Waals surface area contributed by atoms with Gasteiger partial charge >= 0.3 is 0 Å². The standard InChI is InChI=1S/C19H27N3OS/c1-13(2)22(14(3)4)18(23)12-24-19-20-9-10-21(19)17-8-7-15(5)11-16(17)6/h7-11,13-14H,12H2,1-6H3. The molecule has 0 saturated heterocycles. The van der Waals surface area contributed by atoms with Crippen molar-refractivity contribution in [2.24, 2.45) is 0 Å². The van der Waals surface area contributed by atoms with E-state index in [0.717, 1.165) is 10.8 Å². The predicted octanol–water partition coefficient (Wildman–Crippen LogP) is 4.23. The summed E-state index contributed by atoms with van der Waals surface area (Å²) in [4.78, 5) is 18.9. The van der Waals surface area contributed by atoms with E-state index in [-0.39, 0.29) is 18.0 Å². The maximum Gasteiger partial charge on any atom is 0.233 e. The fraction of sp³-hybridized carbons (Fsp3) is 0.474. The average Bonchev–Trinajstić information content (AvgIpc) is 2.92. The minimum Gasteiger partial charge on any atom is -0.337 e. The summed E-state index contributed by atoms with van der Waals surface area (Å²) in [6.45, 7) is 12.4. The van der Waals surface area contributed by atoms with E-state index in [9.17, 15) is 4.79 Å². The molecule has 24 heavy (non-hydrogen) atoms. The van der Waals surface area contributed by atoms with Gasteiger partial charge in [0.15, 0.2) is 5.16 Å². The maximum atomic E-state index is 12.5. The fourth-order valence-electron chi connectivity index (χ4n) is 3.03. The van der Waals surface area contributed by atoms with Crippen LogP contribution in [0.1, 0.15) is 38.8 Å². The Bertz CT molecular complexity index is 698. The van der Waals surface area contributed by atoms with E-state index in [4.69, 9.17) is 0 Å². The molecule has 0 bridgehead atoms. The fourth-order valence-corrected chi connectivity index (χ4v) is 3.86. The average molecular weight is 346 g/mol. The maximum absolute atomic E-state index is 12.5. The van der Waals surface area contributed by atoms with Crippen LogP contribution in [0.25, 0.3) is 5.69 Å². The normalized spacial score (nSPS) is 11.3. The van der Waals surface area contributed by atoms with Crippen LogP contribution < -0.4 is 0 Å². The molecule has 130 valence electrons. The van der Waals surface area contributed by atoms with Gasteiger partial charge in [0.05, 0.1) is 11.4 Å². The van der Waals surface area contributed by atoms with Gasteiger partial charge in [0.2, 0.25) is 5.91 Å². The molecular weight excluding hydrogens is 318 g/mol. The van der Waals surface area contributed by atoms with Crippen molar-refractivity contribution >= 4 is 17.7 Å². The van der Waals surface area contributed by atoms with Crippen molar-refractivity contribution in [3.63, 3.8) is 0 Å². The van der Waals surface area contributed by atoms with Crippen LogP contribution >= 0.6 is 11.8 Å². The van der Waals surface area contributed by atoms with Gasteiger partial charge in [0, 0.05) is 24.5 Å². The number of hydrogen-bond acceptors (Lipinski definition) is 3. The SMILES string of the molecule is Cc1ccc(-n2ccnc2SCC(=O)N(C(C)C)C(C)C)c(C)c1. The molecule has 0 fully saturated rings. The van der Waals surface area contributed by atoms with E-state index < -0.39 is 0 Å². The zero-order valence-electron chi connectivity index (χ0n) is 15.4. The Balaban J connectivity index is 2.15. The molecule has 0 aliphatic rings. The minimum atomic E-state index is 0.153. The van der Waals surface area contributed by atoms with E-state index >= 15 is 0 Å². The summed E-state index contributed by atoms with van der Waals surface area (Å²) in [6.07, 6.45) is 3.74. The molecule has 0 N–H and O–H groups in total. The summed E-state index contributed by atoms with van der Waals surface area (Å²) >= 11 is 1.49. The second kappa shape index (κ2) is 7.88. The van der Waals surface area contributed by atoms with Crippen molar-refractivity contribution in [1.29, 1.82) is 0 Å². The minimum absolute atomic E-state index is 0.153. The van der Waals surface area contributed by atoms with Crippen LogP contribution in [-0.2, 0) is 4.79 Å². The molecule has 5 heteroatoms. The number of thioether (sulfide) groups is 1. The van der Waals surface area contributed by atoms with Crippen LogP contribution in [0, 0.1) is 13.8 Å². The molecule has 1 amide bonds. The van der Waals surface area contributed by atoms with E-state index in [0.29, 0.717) is 5.75 Å². The zero-order chi connectivity index (χ0) is 17.9. The van der Waals surface area contributed by atoms with E-state index in [1.165, 1.54) is 22.9 Å². The molecule has 2 aromatic rings. The van der Waals surface area contributed by atoms with Crippen LogP contribution in [0.4, 0.5) is 0 Å². The van der Waals surface area contributed by atoms with Crippen molar-refractivity contribution < 1.29 is 4.79 Å². The molecule has 0 spiro atoms. The van der Waals surface area contributed by atoms with Gasteiger partial charge < -0.3 is 4.90 Å². The highest BCUT2D eigenvalue weighted by atomic mass is 32.2. The van der Waals surface area contributed by atoms with Crippen LogP contribution in [0.5, 0.6) is 0 Å². The Labute approximate surface area is 149 Å². The molecule has 0 saturated carbocycles. The molecular formula is C19H27N3OS. The number of benzene rings is 1. The van der Waals surface area contributed by atoms with Gasteiger partial charge in [-0.05, 0) is 53.2 Å². The molecule has 0 atom stereocenters. The van der Waals surface area contributed by atoms with Gasteiger partial charge in [-0.3, -0.25) is 9.36 Å². The number of carbonyl (C=O) groups is 1. The third-order valence-corrected chi connectivity index (χ3v) is 4.90. The highest BCUT2D eigenvalue weighted by Crippen LogP contribution is 2.24. The summed E-state index contributed by atoms with van der Waals surface area (Å²) in [7, 11) is 0. The van der Waals surface area contributed by atoms with Crippen molar-refractivity contribution in [2.75, 3.05) is 5.75 Å². The lowest BCUT2D eigenvalue weighted by Gasteiger charge is -2.30. The van der Waals surface area contributed by atoms with Gasteiger partial charge in [-0.15, -0.1) is 0 Å². The molecule has 1 heterocycles. The number of aryl methyl sites for hydroxylation is 2. The number of nitrogens with zero attached hydrogens (tertiary/aromatic N) is 3. The number of imidazole rings is 1. The second-order valence-electron chi connectivity index (χ2n) is 6.65. The van der Waals surface area contributed by atoms with Crippen molar-refractivity contribution in [3.8, 4) is 5.69 Å². The first-order chi connectivity index (χ1) is 11.3. The van der Waals surface area contributed by atoms with Gasteiger partial charge in [0.25, 0.3) is 0 Å². The number of hydrogen-bond donors (Lipinski definition) is 0. The second-order valence-corrected chi connectivity index (χ2v) is 7.59. The van der Waals surface area contributed by atoms with Crippen molar-refractivity contribution in [1.82, 2.24) is 14.5 Å². The number of amides is 1. The molecule has 1 aromatic heterocycles. The first kappa shape index (κ1) is 18.6. The van der Waals surface area contributed by atoms with Gasteiger partial charge in [0.1, 0.15) is 0 Å². The molecule has 0 radical (unpaired) electrons. The summed E-state index contributed by atoms with van der Waals surface area (Å²) in [5.74, 6) is 0.554. The Morgan fingerprint density at radius 3 is 2.46 bits per heavy atom. The van der Waals surface area contributed by atoms with Crippen LogP contribution in [-0.4, -0.2) is 38.2 Å². The number of aromatic nitrogens is 2. The van der Waals surface area contributed by atoms with Crippen molar-refractivity contribution in [2.45, 2.75) is 58.8 Å². The Morgan fingerprint density at radius 2 is 1.88 bits per heavy atom. The largest absolute Gasteiger partial charge is 0.337 e. The van der Waals surface area contributed by atoms with Gasteiger partial charge in [-0.2, -0.15) is 0 Å². The summed E-state index contributed by atoms with van der Waals surface area (Å²) in [5, 5.41) is 0.850. The Kier molecular flexibility index (Phi) is 6.10. The van der Waals surface area contributed by atoms with Gasteiger partial charge in [-0.1, -0.05) is 29.5 Å². The van der Waals surface area contributed by atoms with Crippen LogP contribution in [0.15, 0.2) is 35.7 Å². The predicted molar refractivity (Wildman–Crippen MR) is 101 cm³/mol. The first-order valence-corrected chi connectivity index (χ1v) is 9.34. The summed E-state index contributed by atoms with van der Waals surface area (Å²) in [6, 6.07) is 6.77. The van der Waals surface area contributed by atoms with E-state index in [2.05, 4.69) is 69.3 Å². The van der Waals surface area contributed by atoms with Crippen LogP contribution in [0.2, 0.25) is 0 Å². The molecule has 2 rings (SSSR count). The first-order valence-electron chi connectivity index (χ1n) is 8.36. The highest BCUT2D eigenvalue weighted by Gasteiger charge is 2.21. The Morgan fingerprint density at radius 1 is 1.21 bits per heavy atom. The lowest BCUT2D eigenvalue weighted by atomic mass is 10.1. The zero-order valence-corrected chi connectivity index (χ0v) is 16.2. The molecule has 0 unspecified atom stereocenters. The summed E-state index contributed by atoms with van der Waals surface area (Å²) in [5.41, 5.74) is 3.55. The van der Waals surface area contributed by atoms with E-state index in [1.807, 2.05) is 11.1 Å². The van der Waals surface area contributed by atoms with Crippen LogP contribution in [0.3, 0.4) is 0 Å². The number of carbonyl (C=O) groups excluding carboxylic acids is 1. The lowest BCUT2D eigenvalue weighted by Crippen LogP contribution is -2.43. The smallest absolute Gasteiger partial charge is 0.233 e. The molecule has 0 aliphatic carbocycles. The van der Waals surface area contributed by atoms with Crippen molar-refractivity contribution in [3.05, 3.63) is 41.7 Å². The lowest BCUT2D eigenvalue weighted by molar-refractivity contribution is -0.131. The highest BCUT2D eigenvalue weighted by molar-refractivity contribution is 7.99.